The van der Waals surface area contributed by atoms with Crippen molar-refractivity contribution in [3.63, 3.8) is 0 Å². The molecular weight excluding hydrogens is 316 g/mol. The Morgan fingerprint density at radius 1 is 1.24 bits per heavy atom. The third kappa shape index (κ3) is 4.60. The minimum Gasteiger partial charge on any atom is -0.375 e. The molecule has 1 fully saturated rings. The maximum Gasteiger partial charge on any atom is 0.245 e. The van der Waals surface area contributed by atoms with Crippen molar-refractivity contribution < 1.29 is 9.53 Å². The molecule has 0 aliphatic heterocycles. The summed E-state index contributed by atoms with van der Waals surface area (Å²) in [7, 11) is 1.53. The molecule has 2 aromatic rings. The minimum atomic E-state index is -0.0436. The van der Waals surface area contributed by atoms with E-state index in [2.05, 4.69) is 20.3 Å². The van der Waals surface area contributed by atoms with Gasteiger partial charge in [0.25, 0.3) is 0 Å². The highest BCUT2D eigenvalue weighted by Gasteiger charge is 2.26. The van der Waals surface area contributed by atoms with Crippen molar-refractivity contribution in [2.24, 2.45) is 5.92 Å². The molecule has 1 N–H and O–H groups in total. The monoisotopic (exact) mass is 340 g/mol. The van der Waals surface area contributed by atoms with Crippen molar-refractivity contribution in [3.8, 4) is 11.3 Å². The molecule has 6 heteroatoms. The summed E-state index contributed by atoms with van der Waals surface area (Å²) in [6, 6.07) is 5.90. The molecule has 0 bridgehead atoms. The number of aromatic nitrogens is 3. The Kier molecular flexibility index (Phi) is 6.06. The van der Waals surface area contributed by atoms with Crippen LogP contribution in [0, 0.1) is 5.92 Å². The highest BCUT2D eigenvalue weighted by atomic mass is 16.5. The molecule has 1 aliphatic rings. The Morgan fingerprint density at radius 2 is 2.08 bits per heavy atom. The fourth-order valence-electron chi connectivity index (χ4n) is 3.46. The molecule has 0 atom stereocenters. The lowest BCUT2D eigenvalue weighted by atomic mass is 9.79. The number of ether oxygens (including phenoxy) is 1. The maximum atomic E-state index is 11.5. The number of hydrogen-bond donors (Lipinski definition) is 1. The first kappa shape index (κ1) is 17.5. The molecule has 0 unspecified atom stereocenters. The summed E-state index contributed by atoms with van der Waals surface area (Å²) in [5, 5.41) is 2.95. The van der Waals surface area contributed by atoms with Crippen molar-refractivity contribution in [2.45, 2.75) is 31.6 Å². The SMILES string of the molecule is COCC(=O)NCC1CCC(c2ncncc2-c2ccccn2)CC1. The Hall–Kier alpha value is -2.34. The lowest BCUT2D eigenvalue weighted by Gasteiger charge is -2.29. The third-order valence-corrected chi connectivity index (χ3v) is 4.78. The molecular formula is C19H24N4O2. The van der Waals surface area contributed by atoms with E-state index in [0.717, 1.165) is 49.2 Å². The van der Waals surface area contributed by atoms with Crippen molar-refractivity contribution in [1.29, 1.82) is 0 Å². The quantitative estimate of drug-likeness (QED) is 0.874. The van der Waals surface area contributed by atoms with E-state index < -0.39 is 0 Å². The van der Waals surface area contributed by atoms with Gasteiger partial charge in [-0.25, -0.2) is 9.97 Å². The van der Waals surface area contributed by atoms with Crippen LogP contribution in [0.25, 0.3) is 11.3 Å². The van der Waals surface area contributed by atoms with Gasteiger partial charge in [-0.05, 0) is 43.7 Å². The van der Waals surface area contributed by atoms with Crippen LogP contribution < -0.4 is 5.32 Å². The van der Waals surface area contributed by atoms with E-state index in [1.807, 2.05) is 24.4 Å². The zero-order valence-electron chi connectivity index (χ0n) is 14.5. The largest absolute Gasteiger partial charge is 0.375 e. The van der Waals surface area contributed by atoms with Gasteiger partial charge >= 0.3 is 0 Å². The summed E-state index contributed by atoms with van der Waals surface area (Å²) in [5.74, 6) is 0.904. The Morgan fingerprint density at radius 3 is 2.80 bits per heavy atom. The summed E-state index contributed by atoms with van der Waals surface area (Å²) in [6.07, 6.45) is 9.60. The number of pyridine rings is 1. The van der Waals surface area contributed by atoms with E-state index in [1.165, 1.54) is 7.11 Å². The Balaban J connectivity index is 1.61. The predicted molar refractivity (Wildman–Crippen MR) is 94.8 cm³/mol. The van der Waals surface area contributed by atoms with Crippen LogP contribution in [-0.2, 0) is 9.53 Å². The van der Waals surface area contributed by atoms with Gasteiger partial charge in [-0.1, -0.05) is 6.07 Å². The van der Waals surface area contributed by atoms with Gasteiger partial charge in [0.15, 0.2) is 0 Å². The van der Waals surface area contributed by atoms with Gasteiger partial charge in [0.2, 0.25) is 5.91 Å². The highest BCUT2D eigenvalue weighted by Crippen LogP contribution is 2.37. The topological polar surface area (TPSA) is 77.0 Å². The molecule has 132 valence electrons. The van der Waals surface area contributed by atoms with Gasteiger partial charge < -0.3 is 10.1 Å². The van der Waals surface area contributed by atoms with Crippen molar-refractivity contribution >= 4 is 5.91 Å². The summed E-state index contributed by atoms with van der Waals surface area (Å²) in [6.45, 7) is 0.857. The van der Waals surface area contributed by atoms with Crippen LogP contribution in [0.1, 0.15) is 37.3 Å². The predicted octanol–water partition coefficient (Wildman–Crippen LogP) is 2.58. The molecule has 1 saturated carbocycles. The van der Waals surface area contributed by atoms with Crippen LogP contribution >= 0.6 is 0 Å². The molecule has 1 amide bonds. The molecule has 0 saturated heterocycles. The molecule has 3 rings (SSSR count). The average Bonchev–Trinajstić information content (AvgIpc) is 2.68. The van der Waals surface area contributed by atoms with E-state index in [4.69, 9.17) is 4.74 Å². The van der Waals surface area contributed by atoms with Crippen LogP contribution in [-0.4, -0.2) is 41.1 Å². The Bertz CT molecular complexity index is 685. The third-order valence-electron chi connectivity index (χ3n) is 4.78. The number of nitrogens with zero attached hydrogens (tertiary/aromatic N) is 3. The van der Waals surface area contributed by atoms with Crippen molar-refractivity contribution in [1.82, 2.24) is 20.3 Å². The first-order chi connectivity index (χ1) is 12.3. The van der Waals surface area contributed by atoms with E-state index in [-0.39, 0.29) is 12.5 Å². The number of amides is 1. The van der Waals surface area contributed by atoms with Crippen LogP contribution in [0.2, 0.25) is 0 Å². The van der Waals surface area contributed by atoms with Crippen LogP contribution in [0.5, 0.6) is 0 Å². The van der Waals surface area contributed by atoms with E-state index >= 15 is 0 Å². The summed E-state index contributed by atoms with van der Waals surface area (Å²) < 4.78 is 4.84. The van der Waals surface area contributed by atoms with Gasteiger partial charge in [0.1, 0.15) is 12.9 Å². The standard InChI is InChI=1S/C19H24N4O2/c1-25-12-18(24)22-10-14-5-7-15(8-6-14)19-16(11-20-13-23-19)17-4-2-3-9-21-17/h2-4,9,11,13-15H,5-8,10,12H2,1H3,(H,22,24). The molecule has 2 heterocycles. The van der Waals surface area contributed by atoms with Crippen molar-refractivity contribution in [2.75, 3.05) is 20.3 Å². The molecule has 0 radical (unpaired) electrons. The zero-order valence-corrected chi connectivity index (χ0v) is 14.5. The zero-order chi connectivity index (χ0) is 17.5. The molecule has 6 nitrogen and oxygen atoms in total. The van der Waals surface area contributed by atoms with Crippen LogP contribution in [0.3, 0.4) is 0 Å². The van der Waals surface area contributed by atoms with Gasteiger partial charge in [-0.15, -0.1) is 0 Å². The van der Waals surface area contributed by atoms with E-state index in [9.17, 15) is 4.79 Å². The van der Waals surface area contributed by atoms with Gasteiger partial charge in [0, 0.05) is 37.5 Å². The molecule has 0 aromatic carbocycles. The highest BCUT2D eigenvalue weighted by molar-refractivity contribution is 5.77. The smallest absolute Gasteiger partial charge is 0.245 e. The van der Waals surface area contributed by atoms with E-state index in [0.29, 0.717) is 11.8 Å². The second kappa shape index (κ2) is 8.67. The minimum absolute atomic E-state index is 0.0436. The summed E-state index contributed by atoms with van der Waals surface area (Å²) >= 11 is 0. The maximum absolute atomic E-state index is 11.5. The fraction of sp³-hybridized carbons (Fsp3) is 0.474. The van der Waals surface area contributed by atoms with Crippen LogP contribution in [0.4, 0.5) is 0 Å². The second-order valence-electron chi connectivity index (χ2n) is 6.49. The first-order valence-electron chi connectivity index (χ1n) is 8.75. The normalized spacial score (nSPS) is 20.2. The number of carbonyl (C=O) groups is 1. The number of hydrogen-bond acceptors (Lipinski definition) is 5. The average molecular weight is 340 g/mol. The van der Waals surface area contributed by atoms with Crippen LogP contribution in [0.15, 0.2) is 36.9 Å². The fourth-order valence-corrected chi connectivity index (χ4v) is 3.46. The number of nitrogens with one attached hydrogen (secondary N) is 1. The van der Waals surface area contributed by atoms with Crippen molar-refractivity contribution in [3.05, 3.63) is 42.6 Å². The molecule has 1 aliphatic carbocycles. The molecule has 2 aromatic heterocycles. The Labute approximate surface area is 148 Å². The van der Waals surface area contributed by atoms with E-state index in [1.54, 1.807) is 12.5 Å². The summed E-state index contributed by atoms with van der Waals surface area (Å²) in [5.41, 5.74) is 3.04. The van der Waals surface area contributed by atoms with Gasteiger partial charge in [-0.3, -0.25) is 9.78 Å². The summed E-state index contributed by atoms with van der Waals surface area (Å²) in [4.78, 5) is 24.7. The second-order valence-corrected chi connectivity index (χ2v) is 6.49. The first-order valence-corrected chi connectivity index (χ1v) is 8.75. The number of rotatable bonds is 6. The molecule has 0 spiro atoms. The number of carbonyl (C=O) groups excluding carboxylic acids is 1. The lowest BCUT2D eigenvalue weighted by molar-refractivity contribution is -0.124. The van der Waals surface area contributed by atoms with Gasteiger partial charge in [0.05, 0.1) is 11.4 Å². The molecule has 25 heavy (non-hydrogen) atoms. The lowest BCUT2D eigenvalue weighted by Crippen LogP contribution is -2.33. The van der Waals surface area contributed by atoms with Gasteiger partial charge in [-0.2, -0.15) is 0 Å². The number of methoxy groups -OCH3 is 1.